The number of anilines is 1. The van der Waals surface area contributed by atoms with Crippen molar-refractivity contribution in [3.63, 3.8) is 0 Å². The van der Waals surface area contributed by atoms with E-state index in [1.165, 1.54) is 17.0 Å². The molecule has 1 saturated carbocycles. The highest BCUT2D eigenvalue weighted by atomic mass is 32.2. The summed E-state index contributed by atoms with van der Waals surface area (Å²) < 4.78 is 30.9. The Morgan fingerprint density at radius 2 is 1.91 bits per heavy atom. The van der Waals surface area contributed by atoms with Gasteiger partial charge in [0.1, 0.15) is 6.10 Å². The molecule has 0 bridgehead atoms. The first-order valence-electron chi connectivity index (χ1n) is 8.19. The monoisotopic (exact) mass is 337 g/mol. The first-order valence-corrected chi connectivity index (χ1v) is 10.0. The Bertz CT molecular complexity index is 707. The SMILES string of the molecule is CC1Cc2cc(C(=O)OC3CCCCC3)ccc2N1S(C)(=O)=O. The molecule has 1 heterocycles. The molecule has 0 spiro atoms. The Kier molecular flexibility index (Phi) is 4.36. The number of carbonyl (C=O) groups is 1. The highest BCUT2D eigenvalue weighted by Gasteiger charge is 2.33. The van der Waals surface area contributed by atoms with E-state index in [4.69, 9.17) is 4.74 Å². The molecule has 1 unspecified atom stereocenters. The van der Waals surface area contributed by atoms with E-state index >= 15 is 0 Å². The summed E-state index contributed by atoms with van der Waals surface area (Å²) in [7, 11) is -3.30. The number of sulfonamides is 1. The summed E-state index contributed by atoms with van der Waals surface area (Å²) in [5, 5.41) is 0. The third-order valence-electron chi connectivity index (χ3n) is 4.65. The summed E-state index contributed by atoms with van der Waals surface area (Å²) in [6.45, 7) is 1.88. The van der Waals surface area contributed by atoms with Crippen molar-refractivity contribution in [1.29, 1.82) is 0 Å². The van der Waals surface area contributed by atoms with Crippen molar-refractivity contribution in [3.05, 3.63) is 29.3 Å². The van der Waals surface area contributed by atoms with Crippen LogP contribution in [0.1, 0.15) is 54.9 Å². The summed E-state index contributed by atoms with van der Waals surface area (Å²) in [4.78, 5) is 12.3. The minimum atomic E-state index is -3.30. The fourth-order valence-corrected chi connectivity index (χ4v) is 4.90. The average Bonchev–Trinajstić information content (AvgIpc) is 2.82. The predicted molar refractivity (Wildman–Crippen MR) is 89.2 cm³/mol. The van der Waals surface area contributed by atoms with Gasteiger partial charge in [0.2, 0.25) is 10.0 Å². The van der Waals surface area contributed by atoms with Gasteiger partial charge in [0.15, 0.2) is 0 Å². The van der Waals surface area contributed by atoms with Crippen LogP contribution < -0.4 is 4.31 Å². The van der Waals surface area contributed by atoms with Crippen molar-refractivity contribution in [3.8, 4) is 0 Å². The molecule has 1 aromatic carbocycles. The molecule has 0 radical (unpaired) electrons. The Balaban J connectivity index is 1.79. The van der Waals surface area contributed by atoms with Crippen LogP contribution in [0, 0.1) is 0 Å². The predicted octanol–water partition coefficient (Wildman–Crippen LogP) is 2.89. The van der Waals surface area contributed by atoms with Gasteiger partial charge in [-0.3, -0.25) is 4.31 Å². The van der Waals surface area contributed by atoms with Crippen LogP contribution in [-0.4, -0.2) is 32.8 Å². The zero-order valence-corrected chi connectivity index (χ0v) is 14.4. The molecule has 1 aromatic rings. The second-order valence-electron chi connectivity index (χ2n) is 6.62. The Hall–Kier alpha value is -1.56. The molecule has 1 aliphatic heterocycles. The molecular weight excluding hydrogens is 314 g/mol. The van der Waals surface area contributed by atoms with Gasteiger partial charge >= 0.3 is 5.97 Å². The van der Waals surface area contributed by atoms with Crippen LogP contribution in [0.2, 0.25) is 0 Å². The van der Waals surface area contributed by atoms with Crippen LogP contribution in [0.25, 0.3) is 0 Å². The van der Waals surface area contributed by atoms with Crippen molar-refractivity contribution in [2.24, 2.45) is 0 Å². The van der Waals surface area contributed by atoms with Crippen LogP contribution in [0.3, 0.4) is 0 Å². The molecule has 3 rings (SSSR count). The lowest BCUT2D eigenvalue weighted by molar-refractivity contribution is 0.0211. The third kappa shape index (κ3) is 3.37. The van der Waals surface area contributed by atoms with E-state index in [0.29, 0.717) is 17.7 Å². The largest absolute Gasteiger partial charge is 0.459 e. The maximum atomic E-state index is 12.3. The van der Waals surface area contributed by atoms with E-state index in [2.05, 4.69) is 0 Å². The highest BCUT2D eigenvalue weighted by Crippen LogP contribution is 2.35. The molecule has 0 saturated heterocycles. The van der Waals surface area contributed by atoms with E-state index in [-0.39, 0.29) is 18.1 Å². The van der Waals surface area contributed by atoms with Crippen molar-refractivity contribution in [2.45, 2.75) is 57.6 Å². The average molecular weight is 337 g/mol. The summed E-state index contributed by atoms with van der Waals surface area (Å²) >= 11 is 0. The number of rotatable bonds is 3. The van der Waals surface area contributed by atoms with Gasteiger partial charge in [-0.15, -0.1) is 0 Å². The molecule has 23 heavy (non-hydrogen) atoms. The van der Waals surface area contributed by atoms with Gasteiger partial charge < -0.3 is 4.74 Å². The second kappa shape index (κ2) is 6.15. The third-order valence-corrected chi connectivity index (χ3v) is 5.92. The Morgan fingerprint density at radius 1 is 1.22 bits per heavy atom. The Labute approximate surface area is 137 Å². The number of fused-ring (bicyclic) bond motifs is 1. The summed E-state index contributed by atoms with van der Waals surface area (Å²) in [5.41, 5.74) is 2.08. The zero-order valence-electron chi connectivity index (χ0n) is 13.6. The molecule has 126 valence electrons. The van der Waals surface area contributed by atoms with Crippen LogP contribution in [0.15, 0.2) is 18.2 Å². The number of nitrogens with zero attached hydrogens (tertiary/aromatic N) is 1. The van der Waals surface area contributed by atoms with Crippen LogP contribution in [-0.2, 0) is 21.2 Å². The first-order chi connectivity index (χ1) is 10.9. The van der Waals surface area contributed by atoms with Crippen molar-refractivity contribution >= 4 is 21.7 Å². The van der Waals surface area contributed by atoms with Gasteiger partial charge in [-0.25, -0.2) is 13.2 Å². The molecule has 1 aliphatic carbocycles. The molecule has 1 fully saturated rings. The number of carbonyl (C=O) groups excluding carboxylic acids is 1. The molecule has 0 N–H and O–H groups in total. The van der Waals surface area contributed by atoms with E-state index in [1.54, 1.807) is 18.2 Å². The molecule has 6 heteroatoms. The lowest BCUT2D eigenvalue weighted by atomic mass is 9.98. The van der Waals surface area contributed by atoms with Crippen molar-refractivity contribution < 1.29 is 17.9 Å². The van der Waals surface area contributed by atoms with Crippen LogP contribution in [0.5, 0.6) is 0 Å². The number of ether oxygens (including phenoxy) is 1. The van der Waals surface area contributed by atoms with Crippen molar-refractivity contribution in [2.75, 3.05) is 10.6 Å². The van der Waals surface area contributed by atoms with E-state index in [1.807, 2.05) is 6.92 Å². The molecule has 1 atom stereocenters. The molecule has 0 amide bonds. The standard InChI is InChI=1S/C17H23NO4S/c1-12-10-14-11-13(8-9-16(14)18(12)23(2,20)21)17(19)22-15-6-4-3-5-7-15/h8-9,11-12,15H,3-7,10H2,1-2H3. The number of hydrogen-bond donors (Lipinski definition) is 0. The summed E-state index contributed by atoms with van der Waals surface area (Å²) in [5.74, 6) is -0.301. The fourth-order valence-electron chi connectivity index (χ4n) is 3.64. The maximum Gasteiger partial charge on any atom is 0.338 e. The normalized spacial score (nSPS) is 22.0. The second-order valence-corrected chi connectivity index (χ2v) is 8.48. The number of hydrogen-bond acceptors (Lipinski definition) is 4. The van der Waals surface area contributed by atoms with Gasteiger partial charge in [0.05, 0.1) is 17.5 Å². The molecule has 5 nitrogen and oxygen atoms in total. The Morgan fingerprint density at radius 3 is 2.57 bits per heavy atom. The molecular formula is C17H23NO4S. The maximum absolute atomic E-state index is 12.3. The van der Waals surface area contributed by atoms with E-state index in [9.17, 15) is 13.2 Å². The van der Waals surface area contributed by atoms with E-state index < -0.39 is 10.0 Å². The van der Waals surface area contributed by atoms with Gasteiger partial charge in [-0.2, -0.15) is 0 Å². The fraction of sp³-hybridized carbons (Fsp3) is 0.588. The van der Waals surface area contributed by atoms with Gasteiger partial charge in [-0.1, -0.05) is 6.42 Å². The van der Waals surface area contributed by atoms with Crippen LogP contribution in [0.4, 0.5) is 5.69 Å². The topological polar surface area (TPSA) is 63.7 Å². The first kappa shape index (κ1) is 16.3. The highest BCUT2D eigenvalue weighted by molar-refractivity contribution is 7.92. The summed E-state index contributed by atoms with van der Waals surface area (Å²) in [6.07, 6.45) is 7.18. The van der Waals surface area contributed by atoms with Crippen molar-refractivity contribution in [1.82, 2.24) is 0 Å². The lowest BCUT2D eigenvalue weighted by Gasteiger charge is -2.22. The minimum absolute atomic E-state index is 0.0240. The number of esters is 1. The molecule has 0 aromatic heterocycles. The van der Waals surface area contributed by atoms with E-state index in [0.717, 1.165) is 31.2 Å². The van der Waals surface area contributed by atoms with Gasteiger partial charge in [-0.05, 0) is 62.8 Å². The lowest BCUT2D eigenvalue weighted by Crippen LogP contribution is -2.34. The minimum Gasteiger partial charge on any atom is -0.459 e. The quantitative estimate of drug-likeness (QED) is 0.796. The van der Waals surface area contributed by atoms with Gasteiger partial charge in [0, 0.05) is 6.04 Å². The number of benzene rings is 1. The van der Waals surface area contributed by atoms with Gasteiger partial charge in [0.25, 0.3) is 0 Å². The smallest absolute Gasteiger partial charge is 0.338 e. The molecule has 2 aliphatic rings. The van der Waals surface area contributed by atoms with Crippen LogP contribution >= 0.6 is 0 Å². The summed E-state index contributed by atoms with van der Waals surface area (Å²) in [6, 6.07) is 5.05. The zero-order chi connectivity index (χ0) is 16.6.